The number of hydrogen-bond acceptors (Lipinski definition) is 3. The minimum absolute atomic E-state index is 0.217. The largest absolute Gasteiger partial charge is 0.339 e. The Labute approximate surface area is 91.8 Å². The second-order valence-corrected chi connectivity index (χ2v) is 3.36. The highest BCUT2D eigenvalue weighted by Gasteiger charge is 2.07. The fourth-order valence-electron chi connectivity index (χ4n) is 1.26. The smallest absolute Gasteiger partial charge is 0.330 e. The van der Waals surface area contributed by atoms with Gasteiger partial charge in [0.1, 0.15) is 5.52 Å². The van der Waals surface area contributed by atoms with Crippen LogP contribution in [0.4, 0.5) is 0 Å². The number of aromatic amines is 2. The lowest BCUT2D eigenvalue weighted by Crippen LogP contribution is -2.34. The Balaban J connectivity index is 2.73. The predicted octanol–water partition coefficient (Wildman–Crippen LogP) is 0.321. The molecular weight excluding hydrogens is 264 g/mol. The van der Waals surface area contributed by atoms with Gasteiger partial charge in [-0.2, -0.15) is 0 Å². The van der Waals surface area contributed by atoms with Crippen molar-refractivity contribution in [3.63, 3.8) is 0 Å². The average Bonchev–Trinajstić information content (AvgIpc) is 2.65. The van der Waals surface area contributed by atoms with Gasteiger partial charge in [0.2, 0.25) is 0 Å². The summed E-state index contributed by atoms with van der Waals surface area (Å²) in [6, 6.07) is 0. The van der Waals surface area contributed by atoms with Crippen molar-refractivity contribution >= 4 is 27.1 Å². The van der Waals surface area contributed by atoms with Gasteiger partial charge in [0.15, 0.2) is 5.65 Å². The van der Waals surface area contributed by atoms with Gasteiger partial charge in [-0.3, -0.25) is 14.3 Å². The van der Waals surface area contributed by atoms with Gasteiger partial charge in [0.05, 0.1) is 6.33 Å². The van der Waals surface area contributed by atoms with Crippen LogP contribution in [0.15, 0.2) is 27.0 Å². The molecule has 0 atom stereocenters. The minimum atomic E-state index is -0.467. The van der Waals surface area contributed by atoms with E-state index in [-0.39, 0.29) is 17.8 Å². The van der Waals surface area contributed by atoms with Crippen molar-refractivity contribution in [2.24, 2.45) is 0 Å². The van der Waals surface area contributed by atoms with Crippen molar-refractivity contribution in [2.45, 2.75) is 6.54 Å². The van der Waals surface area contributed by atoms with Gasteiger partial charge in [0.25, 0.3) is 5.56 Å². The summed E-state index contributed by atoms with van der Waals surface area (Å²) in [4.78, 5) is 33.8. The number of allylic oxidation sites excluding steroid dienone is 1. The van der Waals surface area contributed by atoms with Gasteiger partial charge in [0, 0.05) is 6.54 Å². The lowest BCUT2D eigenvalue weighted by molar-refractivity contribution is 0.726. The third kappa shape index (κ3) is 1.65. The molecule has 78 valence electrons. The first-order chi connectivity index (χ1) is 7.24. The zero-order valence-electron chi connectivity index (χ0n) is 7.53. The molecule has 2 aromatic heterocycles. The molecular formula is C8H7BrN4O2. The van der Waals surface area contributed by atoms with Crippen LogP contribution in [-0.2, 0) is 6.54 Å². The molecule has 15 heavy (non-hydrogen) atoms. The van der Waals surface area contributed by atoms with Crippen molar-refractivity contribution < 1.29 is 0 Å². The predicted molar refractivity (Wildman–Crippen MR) is 59.0 cm³/mol. The van der Waals surface area contributed by atoms with E-state index < -0.39 is 5.69 Å². The zero-order chi connectivity index (χ0) is 10.8. The SMILES string of the molecule is O=c1[nH]c2nc[nH]c2c(=O)n1CC=CBr. The topological polar surface area (TPSA) is 83.5 Å². The Hall–Kier alpha value is -1.63. The molecule has 7 heteroatoms. The van der Waals surface area contributed by atoms with Crippen LogP contribution in [0.25, 0.3) is 11.2 Å². The first-order valence-corrected chi connectivity index (χ1v) is 5.07. The highest BCUT2D eigenvalue weighted by Crippen LogP contribution is 1.95. The first-order valence-electron chi connectivity index (χ1n) is 4.15. The van der Waals surface area contributed by atoms with Gasteiger partial charge in [-0.1, -0.05) is 22.0 Å². The van der Waals surface area contributed by atoms with Crippen molar-refractivity contribution in [3.05, 3.63) is 38.2 Å². The van der Waals surface area contributed by atoms with Crippen LogP contribution < -0.4 is 11.2 Å². The summed E-state index contributed by atoms with van der Waals surface area (Å²) in [6.45, 7) is 0.217. The van der Waals surface area contributed by atoms with E-state index in [2.05, 4.69) is 30.9 Å². The molecule has 0 unspecified atom stereocenters. The maximum absolute atomic E-state index is 11.7. The number of H-pyrrole nitrogens is 2. The fourth-order valence-corrected chi connectivity index (χ4v) is 1.43. The van der Waals surface area contributed by atoms with Crippen molar-refractivity contribution in [1.82, 2.24) is 19.5 Å². The van der Waals surface area contributed by atoms with Crippen LogP contribution in [0.1, 0.15) is 0 Å². The van der Waals surface area contributed by atoms with E-state index in [9.17, 15) is 9.59 Å². The van der Waals surface area contributed by atoms with Gasteiger partial charge >= 0.3 is 5.69 Å². The second-order valence-electron chi connectivity index (χ2n) is 2.83. The lowest BCUT2D eigenvalue weighted by atomic mass is 10.5. The van der Waals surface area contributed by atoms with E-state index in [1.807, 2.05) is 0 Å². The van der Waals surface area contributed by atoms with Crippen LogP contribution in [0.3, 0.4) is 0 Å². The summed E-state index contributed by atoms with van der Waals surface area (Å²) in [5, 5.41) is 0. The van der Waals surface area contributed by atoms with Gasteiger partial charge in [-0.05, 0) is 4.99 Å². The molecule has 0 aliphatic carbocycles. The highest BCUT2D eigenvalue weighted by atomic mass is 79.9. The third-order valence-electron chi connectivity index (χ3n) is 1.95. The lowest BCUT2D eigenvalue weighted by Gasteiger charge is -1.98. The van der Waals surface area contributed by atoms with Crippen molar-refractivity contribution in [1.29, 1.82) is 0 Å². The molecule has 0 aliphatic heterocycles. The number of halogens is 1. The average molecular weight is 271 g/mol. The Kier molecular flexibility index (Phi) is 2.55. The van der Waals surface area contributed by atoms with E-state index in [4.69, 9.17) is 0 Å². The standard InChI is InChI=1S/C8H7BrN4O2/c9-2-1-3-13-7(14)5-6(11-4-10-5)12-8(13)15/h1-2,4H,3H2,(H,10,11)(H,12,15). The molecule has 0 spiro atoms. The van der Waals surface area contributed by atoms with E-state index in [0.29, 0.717) is 5.52 Å². The van der Waals surface area contributed by atoms with E-state index >= 15 is 0 Å². The monoisotopic (exact) mass is 270 g/mol. The van der Waals surface area contributed by atoms with Gasteiger partial charge in [-0.25, -0.2) is 9.78 Å². The number of rotatable bonds is 2. The number of nitrogens with zero attached hydrogens (tertiary/aromatic N) is 2. The van der Waals surface area contributed by atoms with Crippen molar-refractivity contribution in [3.8, 4) is 0 Å². The summed E-state index contributed by atoms with van der Waals surface area (Å²) in [5.41, 5.74) is -0.260. The summed E-state index contributed by atoms with van der Waals surface area (Å²) in [6.07, 6.45) is 3.02. The molecule has 0 amide bonds. The van der Waals surface area contributed by atoms with Crippen LogP contribution in [0, 0.1) is 0 Å². The van der Waals surface area contributed by atoms with Crippen LogP contribution in [0.5, 0.6) is 0 Å². The molecule has 2 heterocycles. The van der Waals surface area contributed by atoms with E-state index in [1.54, 1.807) is 11.1 Å². The molecule has 0 aromatic carbocycles. The normalized spacial score (nSPS) is 11.5. The number of hydrogen-bond donors (Lipinski definition) is 2. The molecule has 0 bridgehead atoms. The van der Waals surface area contributed by atoms with Crippen LogP contribution in [-0.4, -0.2) is 19.5 Å². The minimum Gasteiger partial charge on any atom is -0.339 e. The molecule has 0 aliphatic rings. The third-order valence-corrected chi connectivity index (χ3v) is 2.32. The van der Waals surface area contributed by atoms with Crippen LogP contribution in [0.2, 0.25) is 0 Å². The maximum atomic E-state index is 11.7. The Morgan fingerprint density at radius 3 is 3.07 bits per heavy atom. The van der Waals surface area contributed by atoms with E-state index in [1.165, 1.54) is 6.33 Å². The number of aromatic nitrogens is 4. The number of nitrogens with one attached hydrogen (secondary N) is 2. The number of imidazole rings is 1. The van der Waals surface area contributed by atoms with Gasteiger partial charge in [-0.15, -0.1) is 0 Å². The molecule has 6 nitrogen and oxygen atoms in total. The summed E-state index contributed by atoms with van der Waals surface area (Å²) >= 11 is 3.07. The van der Waals surface area contributed by atoms with Crippen molar-refractivity contribution in [2.75, 3.05) is 0 Å². The fraction of sp³-hybridized carbons (Fsp3) is 0.125. The second kappa shape index (κ2) is 3.85. The Morgan fingerprint density at radius 2 is 2.33 bits per heavy atom. The van der Waals surface area contributed by atoms with Gasteiger partial charge < -0.3 is 4.98 Å². The highest BCUT2D eigenvalue weighted by molar-refractivity contribution is 9.11. The molecule has 2 N–H and O–H groups in total. The quantitative estimate of drug-likeness (QED) is 0.825. The van der Waals surface area contributed by atoms with E-state index in [0.717, 1.165) is 4.57 Å². The Bertz CT molecular complexity index is 621. The summed E-state index contributed by atoms with van der Waals surface area (Å²) < 4.78 is 1.08. The maximum Gasteiger partial charge on any atom is 0.330 e. The summed E-state index contributed by atoms with van der Waals surface area (Å²) in [7, 11) is 0. The van der Waals surface area contributed by atoms with Crippen LogP contribution >= 0.6 is 15.9 Å². The molecule has 0 saturated heterocycles. The molecule has 2 aromatic rings. The zero-order valence-corrected chi connectivity index (χ0v) is 9.11. The molecule has 0 saturated carbocycles. The molecule has 2 rings (SSSR count). The molecule has 0 radical (unpaired) electrons. The Morgan fingerprint density at radius 1 is 1.53 bits per heavy atom. The first kappa shape index (κ1) is 9.91. The molecule has 0 fully saturated rings. The number of fused-ring (bicyclic) bond motifs is 1. The summed E-state index contributed by atoms with van der Waals surface area (Å²) in [5.74, 6) is 0.